The Hall–Kier alpha value is -2.24. The predicted molar refractivity (Wildman–Crippen MR) is 103 cm³/mol. The molecule has 0 N–H and O–H groups in total. The fourth-order valence-electron chi connectivity index (χ4n) is 3.43. The summed E-state index contributed by atoms with van der Waals surface area (Å²) >= 11 is 0. The topological polar surface area (TPSA) is 34.2 Å². The number of hydrogen-bond donors (Lipinski definition) is 0. The Balaban J connectivity index is 1.59. The van der Waals surface area contributed by atoms with Crippen molar-refractivity contribution in [3.8, 4) is 17.2 Å². The second-order valence-corrected chi connectivity index (χ2v) is 6.57. The number of hydrogen-bond acceptors (Lipinski definition) is 5. The van der Waals surface area contributed by atoms with Crippen LogP contribution in [0.3, 0.4) is 0 Å². The molecule has 0 bridgehead atoms. The Labute approximate surface area is 156 Å². The van der Waals surface area contributed by atoms with Crippen molar-refractivity contribution < 1.29 is 14.2 Å². The number of methoxy groups -OCH3 is 3. The van der Waals surface area contributed by atoms with E-state index in [1.807, 2.05) is 12.1 Å². The highest BCUT2D eigenvalue weighted by molar-refractivity contribution is 5.53. The zero-order chi connectivity index (χ0) is 18.4. The van der Waals surface area contributed by atoms with Gasteiger partial charge in [0, 0.05) is 39.3 Å². The average Bonchev–Trinajstić information content (AvgIpc) is 2.69. The van der Waals surface area contributed by atoms with E-state index in [0.717, 1.165) is 39.3 Å². The van der Waals surface area contributed by atoms with Gasteiger partial charge in [-0.3, -0.25) is 9.80 Å². The third-order valence-electron chi connectivity index (χ3n) is 4.84. The maximum atomic E-state index is 5.46. The number of ether oxygens (including phenoxy) is 3. The van der Waals surface area contributed by atoms with Gasteiger partial charge in [-0.15, -0.1) is 0 Å². The van der Waals surface area contributed by atoms with Crippen molar-refractivity contribution in [2.45, 2.75) is 13.1 Å². The van der Waals surface area contributed by atoms with Gasteiger partial charge in [0.05, 0.1) is 21.3 Å². The molecule has 0 aromatic heterocycles. The van der Waals surface area contributed by atoms with Gasteiger partial charge in [-0.1, -0.05) is 30.3 Å². The first kappa shape index (κ1) is 18.5. The first-order valence-electron chi connectivity index (χ1n) is 9.01. The number of nitrogens with zero attached hydrogens (tertiary/aromatic N) is 2. The largest absolute Gasteiger partial charge is 0.493 e. The SMILES string of the molecule is COc1cc(CN2CCN(Cc3ccccc3)CC2)cc(OC)c1OC. The lowest BCUT2D eigenvalue weighted by Crippen LogP contribution is -2.45. The molecular formula is C21H28N2O3. The van der Waals surface area contributed by atoms with Gasteiger partial charge in [0.2, 0.25) is 5.75 Å². The highest BCUT2D eigenvalue weighted by Crippen LogP contribution is 2.38. The summed E-state index contributed by atoms with van der Waals surface area (Å²) in [7, 11) is 4.94. The lowest BCUT2D eigenvalue weighted by molar-refractivity contribution is 0.122. The first-order chi connectivity index (χ1) is 12.7. The molecule has 1 aliphatic heterocycles. The van der Waals surface area contributed by atoms with Crippen LogP contribution in [0, 0.1) is 0 Å². The summed E-state index contributed by atoms with van der Waals surface area (Å²) in [5.41, 5.74) is 2.56. The predicted octanol–water partition coefficient (Wildman–Crippen LogP) is 3.03. The Morgan fingerprint density at radius 2 is 1.19 bits per heavy atom. The van der Waals surface area contributed by atoms with Gasteiger partial charge in [0.25, 0.3) is 0 Å². The summed E-state index contributed by atoms with van der Waals surface area (Å²) in [4.78, 5) is 4.99. The van der Waals surface area contributed by atoms with E-state index in [2.05, 4.69) is 40.1 Å². The summed E-state index contributed by atoms with van der Waals surface area (Å²) in [5.74, 6) is 2.07. The summed E-state index contributed by atoms with van der Waals surface area (Å²) in [6, 6.07) is 14.8. The van der Waals surface area contributed by atoms with Gasteiger partial charge in [-0.05, 0) is 23.3 Å². The van der Waals surface area contributed by atoms with Crippen LogP contribution in [0.4, 0.5) is 0 Å². The molecule has 1 saturated heterocycles. The van der Waals surface area contributed by atoms with Gasteiger partial charge in [-0.2, -0.15) is 0 Å². The highest BCUT2D eigenvalue weighted by Gasteiger charge is 2.19. The summed E-state index contributed by atoms with van der Waals surface area (Å²) in [5, 5.41) is 0. The Kier molecular flexibility index (Phi) is 6.36. The molecule has 0 unspecified atom stereocenters. The first-order valence-corrected chi connectivity index (χ1v) is 9.01. The molecule has 1 heterocycles. The van der Waals surface area contributed by atoms with Crippen LogP contribution in [0.2, 0.25) is 0 Å². The fourth-order valence-corrected chi connectivity index (χ4v) is 3.43. The van der Waals surface area contributed by atoms with Crippen molar-refractivity contribution in [2.75, 3.05) is 47.5 Å². The maximum absolute atomic E-state index is 5.46. The lowest BCUT2D eigenvalue weighted by atomic mass is 10.1. The van der Waals surface area contributed by atoms with Crippen molar-refractivity contribution in [3.05, 3.63) is 53.6 Å². The molecule has 0 saturated carbocycles. The Bertz CT molecular complexity index is 673. The molecule has 3 rings (SSSR count). The molecule has 2 aromatic carbocycles. The van der Waals surface area contributed by atoms with E-state index in [1.54, 1.807) is 21.3 Å². The zero-order valence-electron chi connectivity index (χ0n) is 15.9. The Morgan fingerprint density at radius 1 is 0.692 bits per heavy atom. The number of piperazine rings is 1. The van der Waals surface area contributed by atoms with Crippen LogP contribution >= 0.6 is 0 Å². The van der Waals surface area contributed by atoms with Crippen molar-refractivity contribution >= 4 is 0 Å². The molecule has 0 radical (unpaired) electrons. The number of rotatable bonds is 7. The van der Waals surface area contributed by atoms with Crippen LogP contribution in [0.15, 0.2) is 42.5 Å². The van der Waals surface area contributed by atoms with Crippen LogP contribution in [0.1, 0.15) is 11.1 Å². The molecule has 0 amide bonds. The standard InChI is InChI=1S/C21H28N2O3/c1-24-19-13-18(14-20(25-2)21(19)26-3)16-23-11-9-22(10-12-23)15-17-7-5-4-6-8-17/h4-8,13-14H,9-12,15-16H2,1-3H3. The summed E-state index contributed by atoms with van der Waals surface area (Å²) in [6.45, 7) is 6.19. The minimum Gasteiger partial charge on any atom is -0.493 e. The molecule has 0 atom stereocenters. The van der Waals surface area contributed by atoms with E-state index in [4.69, 9.17) is 14.2 Å². The minimum absolute atomic E-state index is 0.645. The second-order valence-electron chi connectivity index (χ2n) is 6.57. The fraction of sp³-hybridized carbons (Fsp3) is 0.429. The van der Waals surface area contributed by atoms with Crippen molar-refractivity contribution in [2.24, 2.45) is 0 Å². The van der Waals surface area contributed by atoms with Crippen molar-refractivity contribution in [1.29, 1.82) is 0 Å². The molecule has 5 nitrogen and oxygen atoms in total. The van der Waals surface area contributed by atoms with Gasteiger partial charge >= 0.3 is 0 Å². The zero-order valence-corrected chi connectivity index (χ0v) is 15.9. The second kappa shape index (κ2) is 8.92. The van der Waals surface area contributed by atoms with Gasteiger partial charge in [0.15, 0.2) is 11.5 Å². The van der Waals surface area contributed by atoms with E-state index in [9.17, 15) is 0 Å². The van der Waals surface area contributed by atoms with Crippen molar-refractivity contribution in [3.63, 3.8) is 0 Å². The molecule has 2 aromatic rings. The third-order valence-corrected chi connectivity index (χ3v) is 4.84. The molecule has 1 fully saturated rings. The number of benzene rings is 2. The van der Waals surface area contributed by atoms with E-state index >= 15 is 0 Å². The van der Waals surface area contributed by atoms with Crippen LogP contribution in [-0.2, 0) is 13.1 Å². The van der Waals surface area contributed by atoms with E-state index in [1.165, 1.54) is 11.1 Å². The molecular weight excluding hydrogens is 328 g/mol. The summed E-state index contributed by atoms with van der Waals surface area (Å²) in [6.07, 6.45) is 0. The van der Waals surface area contributed by atoms with Crippen LogP contribution < -0.4 is 14.2 Å². The monoisotopic (exact) mass is 356 g/mol. The van der Waals surface area contributed by atoms with Crippen LogP contribution in [0.5, 0.6) is 17.2 Å². The lowest BCUT2D eigenvalue weighted by Gasteiger charge is -2.34. The van der Waals surface area contributed by atoms with Crippen molar-refractivity contribution in [1.82, 2.24) is 9.80 Å². The Morgan fingerprint density at radius 3 is 1.65 bits per heavy atom. The van der Waals surface area contributed by atoms with E-state index in [0.29, 0.717) is 17.2 Å². The molecule has 0 spiro atoms. The molecule has 140 valence electrons. The molecule has 5 heteroatoms. The molecule has 0 aliphatic carbocycles. The normalized spacial score (nSPS) is 15.7. The average molecular weight is 356 g/mol. The minimum atomic E-state index is 0.645. The van der Waals surface area contributed by atoms with Gasteiger partial charge < -0.3 is 14.2 Å². The van der Waals surface area contributed by atoms with Crippen LogP contribution in [-0.4, -0.2) is 57.3 Å². The van der Waals surface area contributed by atoms with Gasteiger partial charge in [0.1, 0.15) is 0 Å². The quantitative estimate of drug-likeness (QED) is 0.762. The van der Waals surface area contributed by atoms with Gasteiger partial charge in [-0.25, -0.2) is 0 Å². The highest BCUT2D eigenvalue weighted by atomic mass is 16.5. The molecule has 1 aliphatic rings. The maximum Gasteiger partial charge on any atom is 0.203 e. The van der Waals surface area contributed by atoms with Crippen LogP contribution in [0.25, 0.3) is 0 Å². The third kappa shape index (κ3) is 4.48. The smallest absolute Gasteiger partial charge is 0.203 e. The van der Waals surface area contributed by atoms with E-state index in [-0.39, 0.29) is 0 Å². The van der Waals surface area contributed by atoms with E-state index < -0.39 is 0 Å². The molecule has 26 heavy (non-hydrogen) atoms. The summed E-state index contributed by atoms with van der Waals surface area (Å²) < 4.78 is 16.3.